The lowest BCUT2D eigenvalue weighted by molar-refractivity contribution is 0.486. The Morgan fingerprint density at radius 3 is 2.35 bits per heavy atom. The molecule has 4 heteroatoms. The molecule has 1 heterocycles. The summed E-state index contributed by atoms with van der Waals surface area (Å²) in [5.74, 6) is 0.774. The SMILES string of the molecule is CCC(CC)CN(CC)c1nc(C)c(CNC(C)C)s1. The van der Waals surface area contributed by atoms with E-state index in [-0.39, 0.29) is 0 Å². The molecule has 0 atom stereocenters. The van der Waals surface area contributed by atoms with Gasteiger partial charge >= 0.3 is 0 Å². The second kappa shape index (κ2) is 8.63. The van der Waals surface area contributed by atoms with Gasteiger partial charge in [0.15, 0.2) is 5.13 Å². The van der Waals surface area contributed by atoms with E-state index in [4.69, 9.17) is 4.98 Å². The van der Waals surface area contributed by atoms with Crippen molar-refractivity contribution in [3.8, 4) is 0 Å². The highest BCUT2D eigenvalue weighted by atomic mass is 32.1. The molecule has 1 N–H and O–H groups in total. The molecule has 1 aromatic rings. The highest BCUT2D eigenvalue weighted by Gasteiger charge is 2.16. The predicted octanol–water partition coefficient (Wildman–Crippen LogP) is 4.21. The average Bonchev–Trinajstić information content (AvgIpc) is 2.79. The van der Waals surface area contributed by atoms with Crippen molar-refractivity contribution in [2.45, 2.75) is 67.0 Å². The molecule has 20 heavy (non-hydrogen) atoms. The minimum Gasteiger partial charge on any atom is -0.348 e. The smallest absolute Gasteiger partial charge is 0.185 e. The third kappa shape index (κ3) is 5.06. The van der Waals surface area contributed by atoms with Gasteiger partial charge in [-0.05, 0) is 19.8 Å². The lowest BCUT2D eigenvalue weighted by Gasteiger charge is -2.24. The zero-order valence-electron chi connectivity index (χ0n) is 14.0. The number of rotatable bonds is 9. The first-order valence-corrected chi connectivity index (χ1v) is 8.77. The van der Waals surface area contributed by atoms with Crippen molar-refractivity contribution in [3.63, 3.8) is 0 Å². The maximum atomic E-state index is 4.79. The average molecular weight is 298 g/mol. The van der Waals surface area contributed by atoms with E-state index in [9.17, 15) is 0 Å². The molecular formula is C16H31N3S. The Labute approximate surface area is 128 Å². The van der Waals surface area contributed by atoms with Gasteiger partial charge in [0.2, 0.25) is 0 Å². The van der Waals surface area contributed by atoms with Gasteiger partial charge in [0.1, 0.15) is 0 Å². The Bertz CT molecular complexity index is 383. The highest BCUT2D eigenvalue weighted by Crippen LogP contribution is 2.27. The fraction of sp³-hybridized carbons (Fsp3) is 0.812. The Kier molecular flexibility index (Phi) is 7.52. The molecule has 0 aliphatic rings. The van der Waals surface area contributed by atoms with Crippen LogP contribution in [0.1, 0.15) is 58.0 Å². The lowest BCUT2D eigenvalue weighted by atomic mass is 10.0. The quantitative estimate of drug-likeness (QED) is 0.740. The van der Waals surface area contributed by atoms with Gasteiger partial charge in [0.25, 0.3) is 0 Å². The van der Waals surface area contributed by atoms with Crippen molar-refractivity contribution in [2.75, 3.05) is 18.0 Å². The maximum Gasteiger partial charge on any atom is 0.185 e. The molecule has 0 saturated carbocycles. The maximum absolute atomic E-state index is 4.79. The second-order valence-corrected chi connectivity index (χ2v) is 6.82. The molecule has 0 saturated heterocycles. The van der Waals surface area contributed by atoms with Crippen LogP contribution in [0.3, 0.4) is 0 Å². The first kappa shape index (κ1) is 17.4. The third-order valence-electron chi connectivity index (χ3n) is 3.84. The van der Waals surface area contributed by atoms with Gasteiger partial charge in [0, 0.05) is 30.6 Å². The van der Waals surface area contributed by atoms with Crippen molar-refractivity contribution in [1.82, 2.24) is 10.3 Å². The van der Waals surface area contributed by atoms with E-state index in [1.165, 1.54) is 28.5 Å². The van der Waals surface area contributed by atoms with Gasteiger partial charge in [-0.15, -0.1) is 11.3 Å². The molecule has 0 amide bonds. The van der Waals surface area contributed by atoms with Crippen LogP contribution < -0.4 is 10.2 Å². The number of nitrogens with zero attached hydrogens (tertiary/aromatic N) is 2. The number of thiazole rings is 1. The molecule has 0 aromatic carbocycles. The molecule has 3 nitrogen and oxygen atoms in total. The van der Waals surface area contributed by atoms with Crippen molar-refractivity contribution in [2.24, 2.45) is 5.92 Å². The van der Waals surface area contributed by atoms with E-state index in [1.807, 2.05) is 11.3 Å². The largest absolute Gasteiger partial charge is 0.348 e. The highest BCUT2D eigenvalue weighted by molar-refractivity contribution is 7.15. The fourth-order valence-electron chi connectivity index (χ4n) is 2.21. The topological polar surface area (TPSA) is 28.2 Å². The van der Waals surface area contributed by atoms with Crippen LogP contribution in [0, 0.1) is 12.8 Å². The van der Waals surface area contributed by atoms with E-state index >= 15 is 0 Å². The molecule has 0 bridgehead atoms. The molecule has 1 rings (SSSR count). The fourth-order valence-corrected chi connectivity index (χ4v) is 3.29. The summed E-state index contributed by atoms with van der Waals surface area (Å²) in [6.45, 7) is 16.4. The summed E-state index contributed by atoms with van der Waals surface area (Å²) in [6.07, 6.45) is 2.50. The molecule has 0 aliphatic heterocycles. The number of nitrogens with one attached hydrogen (secondary N) is 1. The van der Waals surface area contributed by atoms with Crippen molar-refractivity contribution < 1.29 is 0 Å². The summed E-state index contributed by atoms with van der Waals surface area (Å²) < 4.78 is 0. The summed E-state index contributed by atoms with van der Waals surface area (Å²) in [6, 6.07) is 0.520. The first-order chi connectivity index (χ1) is 9.51. The molecule has 0 unspecified atom stereocenters. The van der Waals surface area contributed by atoms with E-state index in [1.54, 1.807) is 0 Å². The molecule has 0 spiro atoms. The van der Waals surface area contributed by atoms with Crippen LogP contribution in [0.4, 0.5) is 5.13 Å². The Hall–Kier alpha value is -0.610. The van der Waals surface area contributed by atoms with Crippen LogP contribution in [0.15, 0.2) is 0 Å². The van der Waals surface area contributed by atoms with Gasteiger partial charge in [-0.2, -0.15) is 0 Å². The molecule has 0 fully saturated rings. The molecule has 0 aliphatic carbocycles. The first-order valence-electron chi connectivity index (χ1n) is 7.96. The zero-order chi connectivity index (χ0) is 15.1. The summed E-state index contributed by atoms with van der Waals surface area (Å²) in [5, 5.41) is 4.68. The summed E-state index contributed by atoms with van der Waals surface area (Å²) in [5.41, 5.74) is 1.18. The minimum absolute atomic E-state index is 0.520. The number of hydrogen-bond acceptors (Lipinski definition) is 4. The van der Waals surface area contributed by atoms with Gasteiger partial charge in [-0.1, -0.05) is 40.5 Å². The van der Waals surface area contributed by atoms with Crippen LogP contribution in [0.25, 0.3) is 0 Å². The van der Waals surface area contributed by atoms with Crippen molar-refractivity contribution >= 4 is 16.5 Å². The van der Waals surface area contributed by atoms with E-state index in [2.05, 4.69) is 51.8 Å². The third-order valence-corrected chi connectivity index (χ3v) is 5.06. The van der Waals surface area contributed by atoms with Crippen LogP contribution in [-0.4, -0.2) is 24.1 Å². The number of anilines is 1. The van der Waals surface area contributed by atoms with Gasteiger partial charge in [0.05, 0.1) is 5.69 Å². The van der Waals surface area contributed by atoms with Crippen LogP contribution in [0.5, 0.6) is 0 Å². The van der Waals surface area contributed by atoms with Gasteiger partial charge < -0.3 is 10.2 Å². The summed E-state index contributed by atoms with van der Waals surface area (Å²) in [4.78, 5) is 8.60. The standard InChI is InChI=1S/C16H31N3S/c1-7-14(8-2)11-19(9-3)16-18-13(6)15(20-16)10-17-12(4)5/h12,14,17H,7-11H2,1-6H3. The normalized spacial score (nSPS) is 11.6. The van der Waals surface area contributed by atoms with E-state index < -0.39 is 0 Å². The van der Waals surface area contributed by atoms with Gasteiger partial charge in [-0.3, -0.25) is 0 Å². The minimum atomic E-state index is 0.520. The van der Waals surface area contributed by atoms with Crippen LogP contribution in [-0.2, 0) is 6.54 Å². The summed E-state index contributed by atoms with van der Waals surface area (Å²) in [7, 11) is 0. The van der Waals surface area contributed by atoms with Crippen molar-refractivity contribution in [1.29, 1.82) is 0 Å². The Balaban J connectivity index is 2.75. The Morgan fingerprint density at radius 1 is 1.20 bits per heavy atom. The lowest BCUT2D eigenvalue weighted by Crippen LogP contribution is -2.28. The molecular weight excluding hydrogens is 266 g/mol. The van der Waals surface area contributed by atoms with Crippen LogP contribution in [0.2, 0.25) is 0 Å². The molecule has 116 valence electrons. The number of hydrogen-bond donors (Lipinski definition) is 1. The number of aromatic nitrogens is 1. The van der Waals surface area contributed by atoms with Gasteiger partial charge in [-0.25, -0.2) is 4.98 Å². The monoisotopic (exact) mass is 297 g/mol. The zero-order valence-corrected chi connectivity index (χ0v) is 14.8. The van der Waals surface area contributed by atoms with Crippen LogP contribution >= 0.6 is 11.3 Å². The van der Waals surface area contributed by atoms with E-state index in [0.29, 0.717) is 6.04 Å². The molecule has 0 radical (unpaired) electrons. The predicted molar refractivity (Wildman–Crippen MR) is 90.8 cm³/mol. The number of aryl methyl sites for hydroxylation is 1. The van der Waals surface area contributed by atoms with E-state index in [0.717, 1.165) is 25.6 Å². The molecule has 1 aromatic heterocycles. The Morgan fingerprint density at radius 2 is 1.85 bits per heavy atom. The second-order valence-electron chi connectivity index (χ2n) is 5.76. The van der Waals surface area contributed by atoms with Crippen molar-refractivity contribution in [3.05, 3.63) is 10.6 Å². The summed E-state index contributed by atoms with van der Waals surface area (Å²) >= 11 is 1.85.